The summed E-state index contributed by atoms with van der Waals surface area (Å²) in [6.45, 7) is 7.19. The monoisotopic (exact) mass is 242 g/mol. The maximum atomic E-state index is 4.13. The van der Waals surface area contributed by atoms with E-state index in [-0.39, 0.29) is 0 Å². The van der Waals surface area contributed by atoms with Crippen molar-refractivity contribution in [2.45, 2.75) is 39.8 Å². The Labute approximate surface area is 102 Å². The molecule has 0 bridgehead atoms. The predicted octanol–water partition coefficient (Wildman–Crippen LogP) is 1.74. The zero-order chi connectivity index (χ0) is 12.0. The smallest absolute Gasteiger partial charge is 0.146 e. The van der Waals surface area contributed by atoms with Gasteiger partial charge in [-0.1, -0.05) is 6.92 Å². The predicted molar refractivity (Wildman–Crippen MR) is 69.7 cm³/mol. The first-order chi connectivity index (χ1) is 7.65. The van der Waals surface area contributed by atoms with Crippen LogP contribution in [0, 0.1) is 6.92 Å². The molecule has 5 heteroatoms. The van der Waals surface area contributed by atoms with E-state index in [4.69, 9.17) is 0 Å². The number of hydrogen-bond acceptors (Lipinski definition) is 4. The first-order valence-electron chi connectivity index (χ1n) is 5.81. The molecule has 0 aromatic carbocycles. The van der Waals surface area contributed by atoms with Gasteiger partial charge in [-0.2, -0.15) is 11.8 Å². The van der Waals surface area contributed by atoms with Gasteiger partial charge >= 0.3 is 0 Å². The molecule has 0 fully saturated rings. The summed E-state index contributed by atoms with van der Waals surface area (Å²) < 4.78 is 2.03. The van der Waals surface area contributed by atoms with E-state index in [0.29, 0.717) is 6.04 Å². The Morgan fingerprint density at radius 3 is 2.75 bits per heavy atom. The first-order valence-corrected chi connectivity index (χ1v) is 6.96. The summed E-state index contributed by atoms with van der Waals surface area (Å²) in [5, 5.41) is 11.6. The fourth-order valence-electron chi connectivity index (χ4n) is 1.38. The minimum atomic E-state index is 0.538. The van der Waals surface area contributed by atoms with E-state index in [1.165, 1.54) is 17.9 Å². The van der Waals surface area contributed by atoms with Gasteiger partial charge in [0.25, 0.3) is 0 Å². The molecule has 0 radical (unpaired) electrons. The minimum Gasteiger partial charge on any atom is -0.317 e. The van der Waals surface area contributed by atoms with Crippen molar-refractivity contribution in [2.24, 2.45) is 7.05 Å². The van der Waals surface area contributed by atoms with Crippen LogP contribution in [0.4, 0.5) is 0 Å². The highest BCUT2D eigenvalue weighted by atomic mass is 32.2. The van der Waals surface area contributed by atoms with E-state index in [1.807, 2.05) is 30.3 Å². The average Bonchev–Trinajstić information content (AvgIpc) is 2.58. The Bertz CT molecular complexity index is 311. The molecule has 1 aromatic rings. The molecule has 0 saturated carbocycles. The lowest BCUT2D eigenvalue weighted by Crippen LogP contribution is -2.27. The van der Waals surface area contributed by atoms with Gasteiger partial charge in [0.2, 0.25) is 0 Å². The van der Waals surface area contributed by atoms with Crippen molar-refractivity contribution in [3.05, 3.63) is 11.6 Å². The maximum absolute atomic E-state index is 4.13. The highest BCUT2D eigenvalue weighted by molar-refractivity contribution is 7.99. The number of aromatic nitrogens is 3. The van der Waals surface area contributed by atoms with Crippen LogP contribution in [0.25, 0.3) is 0 Å². The molecular formula is C11H22N4S. The largest absolute Gasteiger partial charge is 0.317 e. The van der Waals surface area contributed by atoms with Crippen molar-refractivity contribution < 1.29 is 0 Å². The molecule has 1 N–H and O–H groups in total. The Hall–Kier alpha value is -0.550. The molecule has 1 rings (SSSR count). The number of rotatable bonds is 7. The van der Waals surface area contributed by atoms with E-state index in [0.717, 1.165) is 18.2 Å². The molecule has 0 saturated heterocycles. The van der Waals surface area contributed by atoms with Crippen molar-refractivity contribution in [3.63, 3.8) is 0 Å². The van der Waals surface area contributed by atoms with Gasteiger partial charge in [-0.3, -0.25) is 0 Å². The van der Waals surface area contributed by atoms with Crippen molar-refractivity contribution in [1.29, 1.82) is 0 Å². The lowest BCUT2D eigenvalue weighted by Gasteiger charge is -2.12. The Morgan fingerprint density at radius 1 is 1.44 bits per heavy atom. The van der Waals surface area contributed by atoms with Crippen LogP contribution < -0.4 is 5.32 Å². The summed E-state index contributed by atoms with van der Waals surface area (Å²) in [4.78, 5) is 0. The van der Waals surface area contributed by atoms with Crippen LogP contribution in [0.1, 0.15) is 31.9 Å². The van der Waals surface area contributed by atoms with Gasteiger partial charge in [0.05, 0.1) is 6.54 Å². The highest BCUT2D eigenvalue weighted by Crippen LogP contribution is 2.04. The number of nitrogens with zero attached hydrogens (tertiary/aromatic N) is 3. The van der Waals surface area contributed by atoms with Gasteiger partial charge in [0, 0.05) is 13.1 Å². The summed E-state index contributed by atoms with van der Waals surface area (Å²) in [5.74, 6) is 4.40. The van der Waals surface area contributed by atoms with Gasteiger partial charge in [-0.25, -0.2) is 0 Å². The van der Waals surface area contributed by atoms with Gasteiger partial charge in [-0.05, 0) is 31.8 Å². The third kappa shape index (κ3) is 4.14. The number of nitrogens with one attached hydrogen (secondary N) is 1. The van der Waals surface area contributed by atoms with E-state index in [1.54, 1.807) is 0 Å². The third-order valence-electron chi connectivity index (χ3n) is 2.69. The highest BCUT2D eigenvalue weighted by Gasteiger charge is 2.06. The Kier molecular flexibility index (Phi) is 5.84. The van der Waals surface area contributed by atoms with Gasteiger partial charge in [0.1, 0.15) is 11.6 Å². The molecule has 0 spiro atoms. The first kappa shape index (κ1) is 13.5. The van der Waals surface area contributed by atoms with Crippen molar-refractivity contribution >= 4 is 11.8 Å². The SMILES string of the molecule is CCSCCC(C)NCc1nnc(C)n1C. The molecule has 92 valence electrons. The van der Waals surface area contributed by atoms with Crippen LogP contribution in [-0.2, 0) is 13.6 Å². The third-order valence-corrected chi connectivity index (χ3v) is 3.62. The molecular weight excluding hydrogens is 220 g/mol. The molecule has 0 aliphatic carbocycles. The van der Waals surface area contributed by atoms with E-state index < -0.39 is 0 Å². The Morgan fingerprint density at radius 2 is 2.19 bits per heavy atom. The number of thioether (sulfide) groups is 1. The molecule has 0 aliphatic heterocycles. The van der Waals surface area contributed by atoms with E-state index >= 15 is 0 Å². The van der Waals surface area contributed by atoms with Crippen LogP contribution in [0.5, 0.6) is 0 Å². The van der Waals surface area contributed by atoms with E-state index in [2.05, 4.69) is 29.4 Å². The average molecular weight is 242 g/mol. The molecule has 1 aromatic heterocycles. The second-order valence-corrected chi connectivity index (χ2v) is 5.38. The van der Waals surface area contributed by atoms with Crippen LogP contribution in [0.3, 0.4) is 0 Å². The molecule has 0 amide bonds. The number of aryl methyl sites for hydroxylation is 1. The lowest BCUT2D eigenvalue weighted by molar-refractivity contribution is 0.517. The van der Waals surface area contributed by atoms with E-state index in [9.17, 15) is 0 Å². The topological polar surface area (TPSA) is 42.7 Å². The summed E-state index contributed by atoms with van der Waals surface area (Å²) in [6.07, 6.45) is 1.20. The second-order valence-electron chi connectivity index (χ2n) is 3.99. The maximum Gasteiger partial charge on any atom is 0.146 e. The zero-order valence-corrected chi connectivity index (χ0v) is 11.5. The normalized spacial score (nSPS) is 13.0. The van der Waals surface area contributed by atoms with Crippen LogP contribution in [0.15, 0.2) is 0 Å². The van der Waals surface area contributed by atoms with Gasteiger partial charge < -0.3 is 9.88 Å². The van der Waals surface area contributed by atoms with Gasteiger partial charge in [0.15, 0.2) is 0 Å². The van der Waals surface area contributed by atoms with Crippen molar-refractivity contribution in [1.82, 2.24) is 20.1 Å². The Balaban J connectivity index is 2.26. The van der Waals surface area contributed by atoms with Crippen molar-refractivity contribution in [2.75, 3.05) is 11.5 Å². The fourth-order valence-corrected chi connectivity index (χ4v) is 2.19. The lowest BCUT2D eigenvalue weighted by atomic mass is 10.2. The number of hydrogen-bond donors (Lipinski definition) is 1. The summed E-state index contributed by atoms with van der Waals surface area (Å²) >= 11 is 1.99. The molecule has 0 aliphatic rings. The molecule has 16 heavy (non-hydrogen) atoms. The molecule has 4 nitrogen and oxygen atoms in total. The minimum absolute atomic E-state index is 0.538. The second kappa shape index (κ2) is 6.91. The van der Waals surface area contributed by atoms with Crippen LogP contribution in [-0.4, -0.2) is 32.3 Å². The van der Waals surface area contributed by atoms with Crippen molar-refractivity contribution in [3.8, 4) is 0 Å². The molecule has 1 atom stereocenters. The zero-order valence-electron chi connectivity index (χ0n) is 10.7. The molecule has 1 unspecified atom stereocenters. The van der Waals surface area contributed by atoms with Crippen LogP contribution in [0.2, 0.25) is 0 Å². The fraction of sp³-hybridized carbons (Fsp3) is 0.818. The summed E-state index contributed by atoms with van der Waals surface area (Å²) in [6, 6.07) is 0.538. The van der Waals surface area contributed by atoms with Crippen LogP contribution >= 0.6 is 11.8 Å². The van der Waals surface area contributed by atoms with Gasteiger partial charge in [-0.15, -0.1) is 10.2 Å². The summed E-state index contributed by atoms with van der Waals surface area (Å²) in [7, 11) is 2.00. The summed E-state index contributed by atoms with van der Waals surface area (Å²) in [5.41, 5.74) is 0. The molecule has 1 heterocycles. The standard InChI is InChI=1S/C11H22N4S/c1-5-16-7-6-9(2)12-8-11-14-13-10(3)15(11)4/h9,12H,5-8H2,1-4H3. The quantitative estimate of drug-likeness (QED) is 0.740.